The molecule has 2 rings (SSSR count). The van der Waals surface area contributed by atoms with Crippen LogP contribution in [0.4, 0.5) is 0 Å². The van der Waals surface area contributed by atoms with Crippen molar-refractivity contribution in [2.45, 2.75) is 25.7 Å². The lowest BCUT2D eigenvalue weighted by atomic mass is 9.85. The summed E-state index contributed by atoms with van der Waals surface area (Å²) < 4.78 is 0. The van der Waals surface area contributed by atoms with E-state index in [2.05, 4.69) is 22.2 Å². The molecular weight excluding hydrogens is 174 g/mol. The van der Waals surface area contributed by atoms with Crippen LogP contribution >= 0.6 is 0 Å². The number of rotatable bonds is 2. The summed E-state index contributed by atoms with van der Waals surface area (Å²) >= 11 is 0. The van der Waals surface area contributed by atoms with E-state index >= 15 is 0 Å². The molecule has 2 heterocycles. The van der Waals surface area contributed by atoms with Crippen LogP contribution in [0.5, 0.6) is 0 Å². The fourth-order valence-corrected chi connectivity index (χ4v) is 2.10. The molecule has 1 atom stereocenters. The van der Waals surface area contributed by atoms with Crippen LogP contribution in [0.1, 0.15) is 31.5 Å². The molecule has 1 aromatic rings. The molecular formula is C11H17N3. The first-order valence-electron chi connectivity index (χ1n) is 5.35. The van der Waals surface area contributed by atoms with Gasteiger partial charge >= 0.3 is 0 Å². The van der Waals surface area contributed by atoms with E-state index in [0.717, 1.165) is 24.8 Å². The van der Waals surface area contributed by atoms with Gasteiger partial charge in [0.2, 0.25) is 0 Å². The monoisotopic (exact) mass is 191 g/mol. The van der Waals surface area contributed by atoms with Gasteiger partial charge in [-0.2, -0.15) is 0 Å². The minimum absolute atomic E-state index is 0.498. The lowest BCUT2D eigenvalue weighted by molar-refractivity contribution is 0.322. The summed E-state index contributed by atoms with van der Waals surface area (Å²) in [5.41, 5.74) is 0. The van der Waals surface area contributed by atoms with Crippen LogP contribution in [0.15, 0.2) is 18.5 Å². The molecule has 1 fully saturated rings. The summed E-state index contributed by atoms with van der Waals surface area (Å²) in [4.78, 5) is 8.64. The molecule has 1 aliphatic heterocycles. The van der Waals surface area contributed by atoms with Crippen molar-refractivity contribution < 1.29 is 0 Å². The minimum atomic E-state index is 0.498. The standard InChI is InChI=1S/C11H17N3/c1-9(10-3-7-12-8-4-10)11-13-5-2-6-14-11/h2,5-6,9-10,12H,3-4,7-8H2,1H3. The van der Waals surface area contributed by atoms with Crippen LogP contribution in [0.25, 0.3) is 0 Å². The molecule has 0 spiro atoms. The number of hydrogen-bond donors (Lipinski definition) is 1. The molecule has 0 aromatic carbocycles. The van der Waals surface area contributed by atoms with Crippen LogP contribution in [0.3, 0.4) is 0 Å². The molecule has 3 heteroatoms. The molecule has 3 nitrogen and oxygen atoms in total. The molecule has 1 aliphatic rings. The Labute approximate surface area is 85.0 Å². The molecule has 0 amide bonds. The molecule has 1 aromatic heterocycles. The largest absolute Gasteiger partial charge is 0.317 e. The highest BCUT2D eigenvalue weighted by atomic mass is 14.9. The highest BCUT2D eigenvalue weighted by Gasteiger charge is 2.22. The molecule has 1 saturated heterocycles. The SMILES string of the molecule is CC(c1ncccn1)C1CCNCC1. The Morgan fingerprint density at radius 2 is 1.93 bits per heavy atom. The maximum Gasteiger partial charge on any atom is 0.131 e. The van der Waals surface area contributed by atoms with E-state index in [4.69, 9.17) is 0 Å². The van der Waals surface area contributed by atoms with Gasteiger partial charge in [-0.25, -0.2) is 9.97 Å². The van der Waals surface area contributed by atoms with Gasteiger partial charge in [0.15, 0.2) is 0 Å². The van der Waals surface area contributed by atoms with Crippen molar-refractivity contribution in [1.29, 1.82) is 0 Å². The van der Waals surface area contributed by atoms with Gasteiger partial charge in [0, 0.05) is 18.3 Å². The molecule has 1 unspecified atom stereocenters. The third-order valence-electron chi connectivity index (χ3n) is 3.08. The van der Waals surface area contributed by atoms with Crippen LogP contribution in [0.2, 0.25) is 0 Å². The van der Waals surface area contributed by atoms with Gasteiger partial charge in [-0.05, 0) is 37.9 Å². The normalized spacial score (nSPS) is 20.6. The quantitative estimate of drug-likeness (QED) is 0.771. The highest BCUT2D eigenvalue weighted by molar-refractivity contribution is 4.98. The maximum atomic E-state index is 4.32. The van der Waals surface area contributed by atoms with Crippen LogP contribution < -0.4 is 5.32 Å². The Hall–Kier alpha value is -0.960. The van der Waals surface area contributed by atoms with E-state index in [-0.39, 0.29) is 0 Å². The molecule has 0 saturated carbocycles. The first kappa shape index (κ1) is 9.59. The second-order valence-corrected chi connectivity index (χ2v) is 3.98. The van der Waals surface area contributed by atoms with E-state index in [0.29, 0.717) is 5.92 Å². The van der Waals surface area contributed by atoms with Crippen molar-refractivity contribution in [3.8, 4) is 0 Å². The van der Waals surface area contributed by atoms with Crippen molar-refractivity contribution in [2.75, 3.05) is 13.1 Å². The van der Waals surface area contributed by atoms with Gasteiger partial charge in [-0.3, -0.25) is 0 Å². The average molecular weight is 191 g/mol. The third kappa shape index (κ3) is 2.10. The summed E-state index contributed by atoms with van der Waals surface area (Å²) in [5, 5.41) is 3.38. The Morgan fingerprint density at radius 1 is 1.29 bits per heavy atom. The van der Waals surface area contributed by atoms with E-state index in [9.17, 15) is 0 Å². The Balaban J connectivity index is 2.03. The Kier molecular flexibility index (Phi) is 3.09. The zero-order valence-electron chi connectivity index (χ0n) is 8.61. The van der Waals surface area contributed by atoms with Crippen molar-refractivity contribution in [3.63, 3.8) is 0 Å². The first-order valence-corrected chi connectivity index (χ1v) is 5.35. The molecule has 0 radical (unpaired) electrons. The smallest absolute Gasteiger partial charge is 0.131 e. The second-order valence-electron chi connectivity index (χ2n) is 3.98. The highest BCUT2D eigenvalue weighted by Crippen LogP contribution is 2.27. The van der Waals surface area contributed by atoms with Gasteiger partial charge in [0.1, 0.15) is 5.82 Å². The zero-order valence-corrected chi connectivity index (χ0v) is 8.61. The van der Waals surface area contributed by atoms with E-state index < -0.39 is 0 Å². The molecule has 0 bridgehead atoms. The summed E-state index contributed by atoms with van der Waals surface area (Å²) in [5.74, 6) is 2.25. The van der Waals surface area contributed by atoms with Gasteiger partial charge < -0.3 is 5.32 Å². The number of aromatic nitrogens is 2. The molecule has 76 valence electrons. The minimum Gasteiger partial charge on any atom is -0.317 e. The lowest BCUT2D eigenvalue weighted by Gasteiger charge is -2.27. The van der Waals surface area contributed by atoms with Gasteiger partial charge in [-0.1, -0.05) is 6.92 Å². The van der Waals surface area contributed by atoms with Crippen molar-refractivity contribution in [2.24, 2.45) is 5.92 Å². The van der Waals surface area contributed by atoms with Crippen LogP contribution in [-0.4, -0.2) is 23.1 Å². The Bertz CT molecular complexity index is 267. The molecule has 0 aliphatic carbocycles. The summed E-state index contributed by atoms with van der Waals surface area (Å²) in [6.07, 6.45) is 6.17. The van der Waals surface area contributed by atoms with Crippen molar-refractivity contribution in [3.05, 3.63) is 24.3 Å². The first-order chi connectivity index (χ1) is 6.88. The fraction of sp³-hybridized carbons (Fsp3) is 0.636. The van der Waals surface area contributed by atoms with E-state index in [1.165, 1.54) is 12.8 Å². The predicted molar refractivity (Wildman–Crippen MR) is 56.0 cm³/mol. The second kappa shape index (κ2) is 4.51. The topological polar surface area (TPSA) is 37.8 Å². The Morgan fingerprint density at radius 3 is 2.57 bits per heavy atom. The van der Waals surface area contributed by atoms with Crippen molar-refractivity contribution >= 4 is 0 Å². The van der Waals surface area contributed by atoms with Crippen LogP contribution in [-0.2, 0) is 0 Å². The average Bonchev–Trinajstić information content (AvgIpc) is 2.30. The predicted octanol–water partition coefficient (Wildman–Crippen LogP) is 1.58. The fourth-order valence-electron chi connectivity index (χ4n) is 2.10. The van der Waals surface area contributed by atoms with Crippen molar-refractivity contribution in [1.82, 2.24) is 15.3 Å². The number of hydrogen-bond acceptors (Lipinski definition) is 3. The molecule has 1 N–H and O–H groups in total. The van der Waals surface area contributed by atoms with Crippen LogP contribution in [0, 0.1) is 5.92 Å². The van der Waals surface area contributed by atoms with Gasteiger partial charge in [0.25, 0.3) is 0 Å². The number of piperidine rings is 1. The lowest BCUT2D eigenvalue weighted by Crippen LogP contribution is -2.30. The van der Waals surface area contributed by atoms with E-state index in [1.807, 2.05) is 18.5 Å². The van der Waals surface area contributed by atoms with E-state index in [1.54, 1.807) is 0 Å². The van der Waals surface area contributed by atoms with Gasteiger partial charge in [-0.15, -0.1) is 0 Å². The van der Waals surface area contributed by atoms with Gasteiger partial charge in [0.05, 0.1) is 0 Å². The maximum absolute atomic E-state index is 4.32. The zero-order chi connectivity index (χ0) is 9.80. The summed E-state index contributed by atoms with van der Waals surface area (Å²) in [7, 11) is 0. The number of nitrogens with zero attached hydrogens (tertiary/aromatic N) is 2. The summed E-state index contributed by atoms with van der Waals surface area (Å²) in [6, 6.07) is 1.87. The third-order valence-corrected chi connectivity index (χ3v) is 3.08. The number of nitrogens with one attached hydrogen (secondary N) is 1. The molecule has 14 heavy (non-hydrogen) atoms. The summed E-state index contributed by atoms with van der Waals surface area (Å²) in [6.45, 7) is 4.52.